The van der Waals surface area contributed by atoms with E-state index in [0.29, 0.717) is 24.7 Å². The Labute approximate surface area is 162 Å². The maximum Gasteiger partial charge on any atom is 0.267 e. The van der Waals surface area contributed by atoms with Crippen LogP contribution in [-0.4, -0.2) is 58.1 Å². The van der Waals surface area contributed by atoms with E-state index in [1.807, 2.05) is 37.2 Å². The van der Waals surface area contributed by atoms with Crippen molar-refractivity contribution in [3.63, 3.8) is 0 Å². The number of nitrogens with zero attached hydrogens (tertiary/aromatic N) is 6. The molecule has 0 amide bonds. The van der Waals surface area contributed by atoms with Crippen molar-refractivity contribution in [2.45, 2.75) is 12.1 Å². The van der Waals surface area contributed by atoms with E-state index in [1.165, 1.54) is 17.1 Å². The summed E-state index contributed by atoms with van der Waals surface area (Å²) >= 11 is 0. The lowest BCUT2D eigenvalue weighted by atomic mass is 10.1. The third kappa shape index (κ3) is 3.70. The number of pyridine rings is 1. The van der Waals surface area contributed by atoms with Gasteiger partial charge >= 0.3 is 0 Å². The molecule has 2 unspecified atom stereocenters. The number of rotatable bonds is 5. The van der Waals surface area contributed by atoms with Crippen LogP contribution in [0.4, 0.5) is 11.6 Å². The minimum Gasteiger partial charge on any atom is -0.377 e. The molecule has 9 nitrogen and oxygen atoms in total. The largest absolute Gasteiger partial charge is 0.377 e. The van der Waals surface area contributed by atoms with Crippen LogP contribution in [0, 0.1) is 0 Å². The van der Waals surface area contributed by atoms with Crippen LogP contribution >= 0.6 is 0 Å². The van der Waals surface area contributed by atoms with Crippen molar-refractivity contribution < 1.29 is 4.74 Å². The summed E-state index contributed by atoms with van der Waals surface area (Å²) in [5.74, 6) is 1.47. The number of hydrogen-bond donors (Lipinski definition) is 1. The van der Waals surface area contributed by atoms with E-state index in [0.717, 1.165) is 11.4 Å². The van der Waals surface area contributed by atoms with Gasteiger partial charge in [-0.25, -0.2) is 14.6 Å². The molecule has 144 valence electrons. The van der Waals surface area contributed by atoms with Crippen molar-refractivity contribution in [1.29, 1.82) is 0 Å². The lowest BCUT2D eigenvalue weighted by Gasteiger charge is -2.21. The zero-order chi connectivity index (χ0) is 19.5. The van der Waals surface area contributed by atoms with Gasteiger partial charge in [0.1, 0.15) is 24.0 Å². The SMILES string of the molecule is CN(C)c1cc(NC2COCC2n2nc(-c3cccnc3)ccc2=O)ncn1. The van der Waals surface area contributed by atoms with Gasteiger partial charge in [-0.05, 0) is 18.2 Å². The van der Waals surface area contributed by atoms with Crippen LogP contribution in [0.3, 0.4) is 0 Å². The van der Waals surface area contributed by atoms with Crippen molar-refractivity contribution in [3.8, 4) is 11.3 Å². The summed E-state index contributed by atoms with van der Waals surface area (Å²) in [5, 5.41) is 7.92. The molecule has 1 fully saturated rings. The lowest BCUT2D eigenvalue weighted by Crippen LogP contribution is -2.37. The molecule has 2 atom stereocenters. The molecule has 3 aromatic heterocycles. The Morgan fingerprint density at radius 2 is 2.11 bits per heavy atom. The summed E-state index contributed by atoms with van der Waals surface area (Å²) in [5.41, 5.74) is 1.37. The molecule has 1 N–H and O–H groups in total. The van der Waals surface area contributed by atoms with E-state index < -0.39 is 0 Å². The zero-order valence-electron chi connectivity index (χ0n) is 15.7. The topological polar surface area (TPSA) is 98.1 Å². The van der Waals surface area contributed by atoms with Crippen LogP contribution in [0.1, 0.15) is 6.04 Å². The molecule has 9 heteroatoms. The fourth-order valence-corrected chi connectivity index (χ4v) is 3.11. The van der Waals surface area contributed by atoms with Gasteiger partial charge in [0.25, 0.3) is 5.56 Å². The molecule has 1 saturated heterocycles. The van der Waals surface area contributed by atoms with Crippen LogP contribution < -0.4 is 15.8 Å². The first-order valence-electron chi connectivity index (χ1n) is 8.96. The molecule has 4 heterocycles. The quantitative estimate of drug-likeness (QED) is 0.706. The van der Waals surface area contributed by atoms with E-state index in [2.05, 4.69) is 25.4 Å². The van der Waals surface area contributed by atoms with Crippen molar-refractivity contribution in [2.24, 2.45) is 0 Å². The highest BCUT2D eigenvalue weighted by Gasteiger charge is 2.32. The molecular formula is C19H21N7O2. The molecule has 0 aliphatic carbocycles. The van der Waals surface area contributed by atoms with E-state index >= 15 is 0 Å². The van der Waals surface area contributed by atoms with Gasteiger partial charge in [0, 0.05) is 44.2 Å². The highest BCUT2D eigenvalue weighted by Crippen LogP contribution is 2.23. The van der Waals surface area contributed by atoms with Crippen molar-refractivity contribution in [3.05, 3.63) is 59.4 Å². The first-order valence-corrected chi connectivity index (χ1v) is 8.96. The number of aromatic nitrogens is 5. The smallest absolute Gasteiger partial charge is 0.267 e. The average molecular weight is 379 g/mol. The summed E-state index contributed by atoms with van der Waals surface area (Å²) in [7, 11) is 3.84. The first-order chi connectivity index (χ1) is 13.6. The van der Waals surface area contributed by atoms with Crippen LogP contribution in [0.15, 0.2) is 53.8 Å². The maximum atomic E-state index is 12.5. The van der Waals surface area contributed by atoms with Crippen LogP contribution in [0.2, 0.25) is 0 Å². The first kappa shape index (κ1) is 18.1. The van der Waals surface area contributed by atoms with Gasteiger partial charge in [0.05, 0.1) is 24.9 Å². The number of anilines is 2. The predicted molar refractivity (Wildman–Crippen MR) is 105 cm³/mol. The molecule has 3 aromatic rings. The molecule has 0 radical (unpaired) electrons. The number of nitrogens with one attached hydrogen (secondary N) is 1. The summed E-state index contributed by atoms with van der Waals surface area (Å²) in [6, 6.07) is 8.46. The highest BCUT2D eigenvalue weighted by atomic mass is 16.5. The van der Waals surface area contributed by atoms with E-state index in [9.17, 15) is 4.79 Å². The van der Waals surface area contributed by atoms with Crippen molar-refractivity contribution >= 4 is 11.6 Å². The maximum absolute atomic E-state index is 12.5. The fraction of sp³-hybridized carbons (Fsp3) is 0.316. The minimum atomic E-state index is -0.248. The Bertz CT molecular complexity index is 1010. The Hall–Kier alpha value is -3.33. The van der Waals surface area contributed by atoms with Crippen LogP contribution in [-0.2, 0) is 4.74 Å². The number of hydrogen-bond acceptors (Lipinski definition) is 8. The van der Waals surface area contributed by atoms with Crippen LogP contribution in [0.25, 0.3) is 11.3 Å². The van der Waals surface area contributed by atoms with Gasteiger partial charge in [-0.1, -0.05) is 0 Å². The third-order valence-electron chi connectivity index (χ3n) is 4.59. The highest BCUT2D eigenvalue weighted by molar-refractivity contribution is 5.56. The molecule has 0 bridgehead atoms. The van der Waals surface area contributed by atoms with Crippen LogP contribution in [0.5, 0.6) is 0 Å². The number of ether oxygens (including phenoxy) is 1. The summed E-state index contributed by atoms with van der Waals surface area (Å²) in [4.78, 5) is 27.0. The Morgan fingerprint density at radius 3 is 2.89 bits per heavy atom. The molecule has 4 rings (SSSR count). The van der Waals surface area contributed by atoms with E-state index in [1.54, 1.807) is 18.5 Å². The Morgan fingerprint density at radius 1 is 1.21 bits per heavy atom. The minimum absolute atomic E-state index is 0.140. The standard InChI is InChI=1S/C19H21N7O2/c1-25(2)18-8-17(21-12-22-18)23-15-10-28-11-16(15)26-19(27)6-5-14(24-26)13-4-3-7-20-9-13/h3-9,12,15-16H,10-11H2,1-2H3,(H,21,22,23). The summed E-state index contributed by atoms with van der Waals surface area (Å²) < 4.78 is 7.13. The second-order valence-corrected chi connectivity index (χ2v) is 6.75. The normalized spacial score (nSPS) is 18.8. The van der Waals surface area contributed by atoms with Gasteiger partial charge in [-0.15, -0.1) is 0 Å². The van der Waals surface area contributed by atoms with E-state index in [-0.39, 0.29) is 17.6 Å². The predicted octanol–water partition coefficient (Wildman–Crippen LogP) is 1.21. The van der Waals surface area contributed by atoms with Gasteiger partial charge < -0.3 is 15.0 Å². The second kappa shape index (κ2) is 7.73. The van der Waals surface area contributed by atoms with Crippen molar-refractivity contribution in [2.75, 3.05) is 37.5 Å². The third-order valence-corrected chi connectivity index (χ3v) is 4.59. The molecule has 1 aliphatic heterocycles. The fourth-order valence-electron chi connectivity index (χ4n) is 3.11. The zero-order valence-corrected chi connectivity index (χ0v) is 15.7. The molecule has 0 aromatic carbocycles. The Balaban J connectivity index is 1.62. The molecule has 0 saturated carbocycles. The second-order valence-electron chi connectivity index (χ2n) is 6.75. The van der Waals surface area contributed by atoms with E-state index in [4.69, 9.17) is 4.74 Å². The monoisotopic (exact) mass is 379 g/mol. The lowest BCUT2D eigenvalue weighted by molar-refractivity contribution is 0.183. The molecule has 0 spiro atoms. The summed E-state index contributed by atoms with van der Waals surface area (Å²) in [6.45, 7) is 0.851. The Kier molecular flexibility index (Phi) is 4.98. The molecule has 1 aliphatic rings. The molecular weight excluding hydrogens is 358 g/mol. The van der Waals surface area contributed by atoms with Gasteiger partial charge in [0.2, 0.25) is 0 Å². The van der Waals surface area contributed by atoms with Gasteiger partial charge in [0.15, 0.2) is 0 Å². The summed E-state index contributed by atoms with van der Waals surface area (Å²) in [6.07, 6.45) is 4.94. The average Bonchev–Trinajstić information content (AvgIpc) is 3.17. The van der Waals surface area contributed by atoms with Gasteiger partial charge in [-0.2, -0.15) is 5.10 Å². The van der Waals surface area contributed by atoms with Gasteiger partial charge in [-0.3, -0.25) is 9.78 Å². The van der Waals surface area contributed by atoms with Crippen molar-refractivity contribution in [1.82, 2.24) is 24.7 Å². The molecule has 28 heavy (non-hydrogen) atoms.